The topological polar surface area (TPSA) is 49.5 Å². The van der Waals surface area contributed by atoms with Crippen LogP contribution in [0.5, 0.6) is 0 Å². The van der Waals surface area contributed by atoms with E-state index in [0.29, 0.717) is 17.6 Å². The molecule has 2 rings (SSSR count). The summed E-state index contributed by atoms with van der Waals surface area (Å²) in [5.74, 6) is 0. The van der Waals surface area contributed by atoms with E-state index in [1.54, 1.807) is 0 Å². The number of benzene rings is 1. The van der Waals surface area contributed by atoms with E-state index in [4.69, 9.17) is 5.73 Å². The monoisotopic (exact) mass is 262 g/mol. The molecule has 0 spiro atoms. The molecule has 0 saturated carbocycles. The minimum absolute atomic E-state index is 0.436. The molecule has 1 aromatic carbocycles. The molecule has 0 aliphatic carbocycles. The molecule has 1 aliphatic heterocycles. The number of β-amino-alcohol motifs (C(OH)–C–C–N with tert-alkyl or cyclic N) is 1. The van der Waals surface area contributed by atoms with Gasteiger partial charge in [0.05, 0.1) is 6.10 Å². The first-order valence-corrected chi connectivity index (χ1v) is 7.23. The van der Waals surface area contributed by atoms with Gasteiger partial charge in [0.25, 0.3) is 0 Å². The highest BCUT2D eigenvalue weighted by molar-refractivity contribution is 5.47. The van der Waals surface area contributed by atoms with Crippen LogP contribution in [0, 0.1) is 5.41 Å². The zero-order valence-electron chi connectivity index (χ0n) is 12.1. The van der Waals surface area contributed by atoms with Crippen molar-refractivity contribution in [1.82, 2.24) is 4.90 Å². The summed E-state index contributed by atoms with van der Waals surface area (Å²) in [7, 11) is 0. The number of aliphatic hydroxyl groups is 1. The van der Waals surface area contributed by atoms with E-state index in [9.17, 15) is 5.11 Å². The van der Waals surface area contributed by atoms with Gasteiger partial charge in [-0.15, -0.1) is 0 Å². The molecule has 106 valence electrons. The molecule has 1 unspecified atom stereocenters. The maximum Gasteiger partial charge on any atom is 0.0936 e. The maximum atomic E-state index is 10.4. The lowest BCUT2D eigenvalue weighted by Gasteiger charge is -2.25. The predicted molar refractivity (Wildman–Crippen MR) is 79.9 cm³/mol. The van der Waals surface area contributed by atoms with Crippen molar-refractivity contribution < 1.29 is 5.11 Å². The van der Waals surface area contributed by atoms with Gasteiger partial charge in [-0.05, 0) is 43.8 Å². The van der Waals surface area contributed by atoms with Gasteiger partial charge in [-0.25, -0.2) is 0 Å². The summed E-state index contributed by atoms with van der Waals surface area (Å²) in [6, 6.07) is 7.60. The standard InChI is InChI=1S/C16H26N2O/c1-16(2)8-5-10-18(11-9-16)12-15(19)13-6-3-4-7-14(13)17/h3-4,6-7,15,19H,5,8-12,17H2,1-2H3. The number of anilines is 1. The number of hydrogen-bond donors (Lipinski definition) is 2. The lowest BCUT2D eigenvalue weighted by molar-refractivity contribution is 0.113. The van der Waals surface area contributed by atoms with E-state index in [2.05, 4.69) is 18.7 Å². The molecule has 1 aliphatic rings. The molecule has 3 nitrogen and oxygen atoms in total. The van der Waals surface area contributed by atoms with Crippen molar-refractivity contribution in [3.63, 3.8) is 0 Å². The lowest BCUT2D eigenvalue weighted by Crippen LogP contribution is -2.30. The van der Waals surface area contributed by atoms with E-state index in [-0.39, 0.29) is 0 Å². The van der Waals surface area contributed by atoms with Crippen LogP contribution in [-0.4, -0.2) is 29.6 Å². The SMILES string of the molecule is CC1(C)CCCN(CC(O)c2ccccc2N)CC1. The number of para-hydroxylation sites is 1. The largest absolute Gasteiger partial charge is 0.398 e. The Bertz CT molecular complexity index is 417. The number of nitrogens with two attached hydrogens (primary N) is 1. The first kappa shape index (κ1) is 14.4. The van der Waals surface area contributed by atoms with Gasteiger partial charge in [0.1, 0.15) is 0 Å². The fourth-order valence-electron chi connectivity index (χ4n) is 2.82. The Morgan fingerprint density at radius 2 is 2.00 bits per heavy atom. The average Bonchev–Trinajstić information content (AvgIpc) is 2.51. The van der Waals surface area contributed by atoms with Crippen molar-refractivity contribution in [3.8, 4) is 0 Å². The van der Waals surface area contributed by atoms with E-state index in [1.165, 1.54) is 19.3 Å². The third-order valence-corrected chi connectivity index (χ3v) is 4.22. The van der Waals surface area contributed by atoms with E-state index in [0.717, 1.165) is 18.7 Å². The van der Waals surface area contributed by atoms with Crippen molar-refractivity contribution in [2.24, 2.45) is 5.41 Å². The molecule has 3 heteroatoms. The summed E-state index contributed by atoms with van der Waals surface area (Å²) in [4.78, 5) is 2.37. The molecule has 1 atom stereocenters. The van der Waals surface area contributed by atoms with E-state index in [1.807, 2.05) is 24.3 Å². The second kappa shape index (κ2) is 5.93. The third-order valence-electron chi connectivity index (χ3n) is 4.22. The van der Waals surface area contributed by atoms with Gasteiger partial charge in [-0.2, -0.15) is 0 Å². The van der Waals surface area contributed by atoms with Crippen LogP contribution in [0.15, 0.2) is 24.3 Å². The Hall–Kier alpha value is -1.06. The van der Waals surface area contributed by atoms with Crippen LogP contribution >= 0.6 is 0 Å². The molecule has 0 radical (unpaired) electrons. The molecule has 0 amide bonds. The minimum Gasteiger partial charge on any atom is -0.398 e. The smallest absolute Gasteiger partial charge is 0.0936 e. The van der Waals surface area contributed by atoms with Crippen LogP contribution in [-0.2, 0) is 0 Å². The number of likely N-dealkylation sites (tertiary alicyclic amines) is 1. The van der Waals surface area contributed by atoms with Gasteiger partial charge >= 0.3 is 0 Å². The number of nitrogen functional groups attached to an aromatic ring is 1. The Labute approximate surface area is 116 Å². The Morgan fingerprint density at radius 3 is 2.74 bits per heavy atom. The van der Waals surface area contributed by atoms with Crippen molar-refractivity contribution in [2.45, 2.75) is 39.2 Å². The van der Waals surface area contributed by atoms with E-state index >= 15 is 0 Å². The molecule has 0 bridgehead atoms. The summed E-state index contributed by atoms with van der Waals surface area (Å²) < 4.78 is 0. The van der Waals surface area contributed by atoms with E-state index < -0.39 is 6.10 Å². The van der Waals surface area contributed by atoms with Crippen LogP contribution in [0.3, 0.4) is 0 Å². The number of aliphatic hydroxyl groups excluding tert-OH is 1. The highest BCUT2D eigenvalue weighted by atomic mass is 16.3. The summed E-state index contributed by atoms with van der Waals surface area (Å²) >= 11 is 0. The van der Waals surface area contributed by atoms with Gasteiger partial charge in [0, 0.05) is 17.8 Å². The second-order valence-corrected chi connectivity index (χ2v) is 6.46. The highest BCUT2D eigenvalue weighted by Gasteiger charge is 2.24. The lowest BCUT2D eigenvalue weighted by atomic mass is 9.85. The molecule has 1 saturated heterocycles. The molecule has 3 N–H and O–H groups in total. The first-order chi connectivity index (χ1) is 8.98. The quantitative estimate of drug-likeness (QED) is 0.824. The van der Waals surface area contributed by atoms with Crippen LogP contribution in [0.25, 0.3) is 0 Å². The second-order valence-electron chi connectivity index (χ2n) is 6.46. The predicted octanol–water partition coefficient (Wildman–Crippen LogP) is 2.81. The summed E-state index contributed by atoms with van der Waals surface area (Å²) in [5, 5.41) is 10.4. The molecule has 1 fully saturated rings. The Balaban J connectivity index is 1.96. The highest BCUT2D eigenvalue weighted by Crippen LogP contribution is 2.30. The minimum atomic E-state index is -0.484. The van der Waals surface area contributed by atoms with Crippen molar-refractivity contribution >= 4 is 5.69 Å². The number of nitrogens with zero attached hydrogens (tertiary/aromatic N) is 1. The molecule has 1 aromatic rings. The fraction of sp³-hybridized carbons (Fsp3) is 0.625. The van der Waals surface area contributed by atoms with Gasteiger partial charge in [0.2, 0.25) is 0 Å². The van der Waals surface area contributed by atoms with Crippen LogP contribution in [0.1, 0.15) is 44.8 Å². The van der Waals surface area contributed by atoms with Gasteiger partial charge in [-0.1, -0.05) is 32.0 Å². The van der Waals surface area contributed by atoms with Gasteiger partial charge in [0.15, 0.2) is 0 Å². The normalized spacial score (nSPS) is 21.8. The number of hydrogen-bond acceptors (Lipinski definition) is 3. The molecule has 19 heavy (non-hydrogen) atoms. The first-order valence-electron chi connectivity index (χ1n) is 7.23. The molecular formula is C16H26N2O. The Kier molecular flexibility index (Phi) is 4.48. The van der Waals surface area contributed by atoms with Crippen LogP contribution in [0.4, 0.5) is 5.69 Å². The zero-order chi connectivity index (χ0) is 13.9. The van der Waals surface area contributed by atoms with Crippen molar-refractivity contribution in [2.75, 3.05) is 25.4 Å². The van der Waals surface area contributed by atoms with Gasteiger partial charge < -0.3 is 15.7 Å². The molecule has 0 aromatic heterocycles. The third kappa shape index (κ3) is 3.95. The summed E-state index contributed by atoms with van der Waals surface area (Å²) in [6.45, 7) is 7.50. The maximum absolute atomic E-state index is 10.4. The average molecular weight is 262 g/mol. The Morgan fingerprint density at radius 1 is 1.26 bits per heavy atom. The van der Waals surface area contributed by atoms with Crippen molar-refractivity contribution in [3.05, 3.63) is 29.8 Å². The summed E-state index contributed by atoms with van der Waals surface area (Å²) in [5.41, 5.74) is 7.90. The summed E-state index contributed by atoms with van der Waals surface area (Å²) in [6.07, 6.45) is 3.20. The van der Waals surface area contributed by atoms with Crippen molar-refractivity contribution in [1.29, 1.82) is 0 Å². The van der Waals surface area contributed by atoms with Crippen LogP contribution < -0.4 is 5.73 Å². The number of rotatable bonds is 3. The molecule has 1 heterocycles. The fourth-order valence-corrected chi connectivity index (χ4v) is 2.82. The van der Waals surface area contributed by atoms with Crippen LogP contribution in [0.2, 0.25) is 0 Å². The van der Waals surface area contributed by atoms with Gasteiger partial charge in [-0.3, -0.25) is 0 Å². The molecular weight excluding hydrogens is 236 g/mol. The zero-order valence-corrected chi connectivity index (χ0v) is 12.1.